The van der Waals surface area contributed by atoms with Gasteiger partial charge in [0.2, 0.25) is 0 Å². The molecule has 1 amide bonds. The van der Waals surface area contributed by atoms with E-state index < -0.39 is 0 Å². The Balaban J connectivity index is 1.49. The molecule has 4 rings (SSSR count). The average molecular weight is 313 g/mol. The van der Waals surface area contributed by atoms with E-state index in [2.05, 4.69) is 15.3 Å². The highest BCUT2D eigenvalue weighted by Crippen LogP contribution is 2.38. The zero-order valence-electron chi connectivity index (χ0n) is 12.8. The Morgan fingerprint density at radius 2 is 2.22 bits per heavy atom. The molecule has 2 aromatic heterocycles. The van der Waals surface area contributed by atoms with Crippen LogP contribution < -0.4 is 0 Å². The number of aromatic hydroxyl groups is 1. The third-order valence-electron chi connectivity index (χ3n) is 4.58. The van der Waals surface area contributed by atoms with Gasteiger partial charge in [-0.05, 0) is 37.8 Å². The van der Waals surface area contributed by atoms with E-state index in [1.54, 1.807) is 11.0 Å². The molecule has 7 heteroatoms. The molecule has 0 unspecified atom stereocenters. The molecule has 2 aliphatic rings. The first-order chi connectivity index (χ1) is 11.2. The molecule has 0 spiro atoms. The molecule has 7 nitrogen and oxygen atoms in total. The summed E-state index contributed by atoms with van der Waals surface area (Å²) < 4.78 is 1.84. The summed E-state index contributed by atoms with van der Waals surface area (Å²) in [6.07, 6.45) is 7.80. The number of rotatable bonds is 4. The Bertz CT molecular complexity index is 725. The topological polar surface area (TPSA) is 84.1 Å². The molecule has 23 heavy (non-hydrogen) atoms. The molecule has 1 N–H and O–H groups in total. The Morgan fingerprint density at radius 1 is 1.35 bits per heavy atom. The lowest BCUT2D eigenvalue weighted by Gasteiger charge is -2.24. The van der Waals surface area contributed by atoms with Gasteiger partial charge in [0, 0.05) is 24.9 Å². The minimum atomic E-state index is -0.215. The minimum absolute atomic E-state index is 0.0673. The van der Waals surface area contributed by atoms with Crippen LogP contribution in [0.1, 0.15) is 47.8 Å². The first-order valence-electron chi connectivity index (χ1n) is 8.07. The van der Waals surface area contributed by atoms with Gasteiger partial charge in [-0.1, -0.05) is 5.21 Å². The summed E-state index contributed by atoms with van der Waals surface area (Å²) in [6.45, 7) is 1.32. The van der Waals surface area contributed by atoms with Crippen LogP contribution in [0, 0.1) is 0 Å². The van der Waals surface area contributed by atoms with Gasteiger partial charge in [-0.2, -0.15) is 0 Å². The van der Waals surface area contributed by atoms with Crippen LogP contribution in [0.5, 0.6) is 5.75 Å². The fourth-order valence-electron chi connectivity index (χ4n) is 3.18. The molecule has 2 fully saturated rings. The van der Waals surface area contributed by atoms with Crippen LogP contribution in [0.15, 0.2) is 24.5 Å². The molecular weight excluding hydrogens is 294 g/mol. The molecule has 1 atom stereocenters. The van der Waals surface area contributed by atoms with Crippen LogP contribution in [-0.2, 0) is 6.54 Å². The highest BCUT2D eigenvalue weighted by Gasteiger charge is 2.32. The maximum absolute atomic E-state index is 12.6. The quantitative estimate of drug-likeness (QED) is 0.926. The van der Waals surface area contributed by atoms with Crippen molar-refractivity contribution < 1.29 is 9.90 Å². The molecule has 3 heterocycles. The van der Waals surface area contributed by atoms with Gasteiger partial charge in [-0.3, -0.25) is 9.48 Å². The standard InChI is InChI=1S/C16H19N5O2/c22-14-4-1-7-17-15(14)16(23)21-8-2-3-12(21)9-20-10-13(18-19-20)11-5-6-11/h1,4,7,10-12,22H,2-3,5-6,8-9H2/t12-/m0/s1. The number of nitrogens with zero attached hydrogens (tertiary/aromatic N) is 5. The minimum Gasteiger partial charge on any atom is -0.505 e. The smallest absolute Gasteiger partial charge is 0.276 e. The SMILES string of the molecule is O=C(c1ncccc1O)N1CCC[C@H]1Cn1cc(C2CC2)nn1. The predicted octanol–water partition coefficient (Wildman–Crippen LogP) is 1.56. The monoisotopic (exact) mass is 313 g/mol. The van der Waals surface area contributed by atoms with E-state index in [-0.39, 0.29) is 23.4 Å². The Kier molecular flexibility index (Phi) is 3.48. The molecule has 2 aromatic rings. The van der Waals surface area contributed by atoms with E-state index in [4.69, 9.17) is 0 Å². The summed E-state index contributed by atoms with van der Waals surface area (Å²) >= 11 is 0. The molecule has 120 valence electrons. The van der Waals surface area contributed by atoms with E-state index in [1.165, 1.54) is 25.1 Å². The Hall–Kier alpha value is -2.44. The van der Waals surface area contributed by atoms with Crippen molar-refractivity contribution in [1.82, 2.24) is 24.9 Å². The third-order valence-corrected chi connectivity index (χ3v) is 4.58. The average Bonchev–Trinajstić information content (AvgIpc) is 3.13. The van der Waals surface area contributed by atoms with Gasteiger partial charge in [-0.25, -0.2) is 4.98 Å². The summed E-state index contributed by atoms with van der Waals surface area (Å²) in [6, 6.07) is 3.17. The molecule has 0 bridgehead atoms. The van der Waals surface area contributed by atoms with E-state index in [9.17, 15) is 9.90 Å². The summed E-state index contributed by atoms with van der Waals surface area (Å²) in [5.74, 6) is 0.295. The largest absolute Gasteiger partial charge is 0.505 e. The van der Waals surface area contributed by atoms with Gasteiger partial charge in [0.05, 0.1) is 18.3 Å². The molecule has 1 saturated carbocycles. The van der Waals surface area contributed by atoms with Gasteiger partial charge in [0.25, 0.3) is 5.91 Å². The lowest BCUT2D eigenvalue weighted by molar-refractivity contribution is 0.0712. The second-order valence-electron chi connectivity index (χ2n) is 6.31. The van der Waals surface area contributed by atoms with E-state index in [1.807, 2.05) is 10.9 Å². The molecule has 1 aliphatic heterocycles. The van der Waals surface area contributed by atoms with Crippen molar-refractivity contribution in [3.8, 4) is 5.75 Å². The molecule has 1 aliphatic carbocycles. The van der Waals surface area contributed by atoms with Crippen molar-refractivity contribution in [2.45, 2.75) is 44.2 Å². The molecule has 0 radical (unpaired) electrons. The second-order valence-corrected chi connectivity index (χ2v) is 6.31. The Labute approximate surface area is 133 Å². The normalized spacial score (nSPS) is 20.9. The van der Waals surface area contributed by atoms with Crippen LogP contribution >= 0.6 is 0 Å². The number of likely N-dealkylation sites (tertiary alicyclic amines) is 1. The zero-order chi connectivity index (χ0) is 15.8. The summed E-state index contributed by atoms with van der Waals surface area (Å²) in [5.41, 5.74) is 1.18. The second kappa shape index (κ2) is 5.64. The van der Waals surface area contributed by atoms with Crippen molar-refractivity contribution in [2.24, 2.45) is 0 Å². The van der Waals surface area contributed by atoms with Crippen LogP contribution in [0.4, 0.5) is 0 Å². The van der Waals surface area contributed by atoms with E-state index in [0.717, 1.165) is 18.5 Å². The molecular formula is C16H19N5O2. The first kappa shape index (κ1) is 14.2. The fourth-order valence-corrected chi connectivity index (χ4v) is 3.18. The first-order valence-corrected chi connectivity index (χ1v) is 8.07. The summed E-state index contributed by atoms with van der Waals surface area (Å²) in [5, 5.41) is 18.3. The number of hydrogen-bond acceptors (Lipinski definition) is 5. The van der Waals surface area contributed by atoms with Crippen LogP contribution in [0.3, 0.4) is 0 Å². The van der Waals surface area contributed by atoms with Crippen LogP contribution in [0.25, 0.3) is 0 Å². The van der Waals surface area contributed by atoms with Gasteiger partial charge in [0.15, 0.2) is 5.69 Å². The third kappa shape index (κ3) is 2.78. The van der Waals surface area contributed by atoms with Crippen molar-refractivity contribution in [2.75, 3.05) is 6.54 Å². The number of amides is 1. The molecule has 1 saturated heterocycles. The number of aromatic nitrogens is 4. The Morgan fingerprint density at radius 3 is 3.00 bits per heavy atom. The number of carbonyl (C=O) groups excluding carboxylic acids is 1. The highest BCUT2D eigenvalue weighted by atomic mass is 16.3. The lowest BCUT2D eigenvalue weighted by Crippen LogP contribution is -2.38. The molecule has 0 aromatic carbocycles. The van der Waals surface area contributed by atoms with Crippen molar-refractivity contribution in [1.29, 1.82) is 0 Å². The fraction of sp³-hybridized carbons (Fsp3) is 0.500. The van der Waals surface area contributed by atoms with Crippen LogP contribution in [0.2, 0.25) is 0 Å². The van der Waals surface area contributed by atoms with Gasteiger partial charge in [-0.15, -0.1) is 5.10 Å². The highest BCUT2D eigenvalue weighted by molar-refractivity contribution is 5.95. The number of pyridine rings is 1. The lowest BCUT2D eigenvalue weighted by atomic mass is 10.2. The zero-order valence-corrected chi connectivity index (χ0v) is 12.8. The van der Waals surface area contributed by atoms with E-state index >= 15 is 0 Å². The van der Waals surface area contributed by atoms with Gasteiger partial charge >= 0.3 is 0 Å². The van der Waals surface area contributed by atoms with Gasteiger partial charge < -0.3 is 10.0 Å². The van der Waals surface area contributed by atoms with Crippen molar-refractivity contribution in [3.63, 3.8) is 0 Å². The number of carbonyl (C=O) groups is 1. The maximum Gasteiger partial charge on any atom is 0.276 e. The van der Waals surface area contributed by atoms with Crippen molar-refractivity contribution >= 4 is 5.91 Å². The van der Waals surface area contributed by atoms with Gasteiger partial charge in [0.1, 0.15) is 5.75 Å². The van der Waals surface area contributed by atoms with E-state index in [0.29, 0.717) is 19.0 Å². The summed E-state index contributed by atoms with van der Waals surface area (Å²) in [4.78, 5) is 18.5. The van der Waals surface area contributed by atoms with Crippen molar-refractivity contribution in [3.05, 3.63) is 35.9 Å². The van der Waals surface area contributed by atoms with Crippen LogP contribution in [-0.4, -0.2) is 48.5 Å². The summed E-state index contributed by atoms with van der Waals surface area (Å²) in [7, 11) is 0. The predicted molar refractivity (Wildman–Crippen MR) is 82.0 cm³/mol. The number of hydrogen-bond donors (Lipinski definition) is 1. The maximum atomic E-state index is 12.6.